The van der Waals surface area contributed by atoms with Crippen molar-refractivity contribution in [2.45, 2.75) is 25.1 Å². The first-order valence-electron chi connectivity index (χ1n) is 10.9. The van der Waals surface area contributed by atoms with Crippen LogP contribution in [0.5, 0.6) is 0 Å². The Morgan fingerprint density at radius 1 is 1.27 bits per heavy atom. The average Bonchev–Trinajstić information content (AvgIpc) is 3.38. The molecule has 2 aromatic rings. The maximum absolute atomic E-state index is 9.60. The second kappa shape index (κ2) is 9.21. The zero-order valence-electron chi connectivity index (χ0n) is 19.7. The number of thioether (sulfide) groups is 1. The summed E-state index contributed by atoms with van der Waals surface area (Å²) in [6.45, 7) is 11.5. The normalized spacial score (nSPS) is 17.0. The minimum absolute atomic E-state index is 0.186. The lowest BCUT2D eigenvalue weighted by Gasteiger charge is -2.32. The third-order valence-electron chi connectivity index (χ3n) is 6.27. The number of hydrogen-bond donors (Lipinski definition) is 0. The Labute approximate surface area is 206 Å². The van der Waals surface area contributed by atoms with Crippen molar-refractivity contribution in [2.75, 3.05) is 31.8 Å². The van der Waals surface area contributed by atoms with E-state index in [1.165, 1.54) is 11.3 Å². The van der Waals surface area contributed by atoms with Gasteiger partial charge in [0.15, 0.2) is 0 Å². The highest BCUT2D eigenvalue weighted by Crippen LogP contribution is 2.52. The standard InChI is InChI=1S/C27H29ClN4S/c1-7-23-24(21-13-17(2)12-19(14-21)16-29)32-10-11-33-27(20-8-9-22(28)15-20)26(32)25(23)31(6)18(3)30(4)5/h7-9,12-14,27H,1,3,10-11,15H2,2,4-6H3. The van der Waals surface area contributed by atoms with E-state index in [2.05, 4.69) is 47.9 Å². The number of nitrogens with zero attached hydrogens (tertiary/aromatic N) is 4. The minimum atomic E-state index is 0.186. The van der Waals surface area contributed by atoms with E-state index >= 15 is 0 Å². The van der Waals surface area contributed by atoms with Crippen LogP contribution in [0.4, 0.5) is 5.69 Å². The molecule has 6 heteroatoms. The summed E-state index contributed by atoms with van der Waals surface area (Å²) >= 11 is 8.33. The van der Waals surface area contributed by atoms with Crippen LogP contribution < -0.4 is 4.90 Å². The second-order valence-corrected chi connectivity index (χ2v) is 10.4. The van der Waals surface area contributed by atoms with E-state index in [1.807, 2.05) is 62.0 Å². The highest BCUT2D eigenvalue weighted by atomic mass is 35.5. The molecule has 4 rings (SSSR count). The highest BCUT2D eigenvalue weighted by Gasteiger charge is 2.35. The molecule has 0 fully saturated rings. The van der Waals surface area contributed by atoms with Crippen LogP contribution in [0, 0.1) is 18.3 Å². The molecule has 0 saturated carbocycles. The zero-order chi connectivity index (χ0) is 23.9. The predicted octanol–water partition coefficient (Wildman–Crippen LogP) is 6.69. The first-order valence-corrected chi connectivity index (χ1v) is 12.4. The molecule has 4 nitrogen and oxygen atoms in total. The molecule has 1 unspecified atom stereocenters. The van der Waals surface area contributed by atoms with E-state index < -0.39 is 0 Å². The zero-order valence-corrected chi connectivity index (χ0v) is 21.2. The van der Waals surface area contributed by atoms with Crippen molar-refractivity contribution in [1.82, 2.24) is 9.47 Å². The molecule has 1 aromatic heterocycles. The fourth-order valence-corrected chi connectivity index (χ4v) is 6.24. The number of halogens is 1. The van der Waals surface area contributed by atoms with E-state index in [1.54, 1.807) is 0 Å². The van der Waals surface area contributed by atoms with Crippen molar-refractivity contribution < 1.29 is 0 Å². The number of aryl methyl sites for hydroxylation is 1. The Hall–Kier alpha value is -2.81. The number of allylic oxidation sites excluding steroid dienone is 3. The number of fused-ring (bicyclic) bond motifs is 1. The second-order valence-electron chi connectivity index (χ2n) is 8.70. The van der Waals surface area contributed by atoms with Gasteiger partial charge in [-0.25, -0.2) is 0 Å². The summed E-state index contributed by atoms with van der Waals surface area (Å²) in [5, 5.41) is 10.7. The molecule has 0 saturated heterocycles. The van der Waals surface area contributed by atoms with E-state index in [9.17, 15) is 5.26 Å². The van der Waals surface area contributed by atoms with Gasteiger partial charge in [0.2, 0.25) is 0 Å². The fraction of sp³-hybridized carbons (Fsp3) is 0.296. The van der Waals surface area contributed by atoms with Gasteiger partial charge in [0.05, 0.1) is 34.0 Å². The Bertz CT molecular complexity index is 1240. The molecule has 1 aromatic carbocycles. The van der Waals surface area contributed by atoms with Crippen molar-refractivity contribution in [2.24, 2.45) is 0 Å². The number of rotatable bonds is 6. The number of aromatic nitrogens is 1. The van der Waals surface area contributed by atoms with Gasteiger partial charge in [-0.15, -0.1) is 11.8 Å². The minimum Gasteiger partial charge on any atom is -0.365 e. The van der Waals surface area contributed by atoms with Crippen LogP contribution in [-0.2, 0) is 6.54 Å². The molecule has 1 atom stereocenters. The van der Waals surface area contributed by atoms with Crippen molar-refractivity contribution in [3.8, 4) is 17.3 Å². The molecule has 1 aliphatic heterocycles. The number of benzene rings is 1. The molecule has 0 spiro atoms. The van der Waals surface area contributed by atoms with Gasteiger partial charge in [-0.3, -0.25) is 0 Å². The molecular weight excluding hydrogens is 448 g/mol. The molecule has 2 aliphatic rings. The summed E-state index contributed by atoms with van der Waals surface area (Å²) in [7, 11) is 6.08. The van der Waals surface area contributed by atoms with Crippen molar-refractivity contribution in [1.29, 1.82) is 5.26 Å². The molecule has 0 amide bonds. The molecular formula is C27H29ClN4S. The van der Waals surface area contributed by atoms with Crippen LogP contribution in [0.25, 0.3) is 17.3 Å². The monoisotopic (exact) mass is 476 g/mol. The number of anilines is 1. The third kappa shape index (κ3) is 4.14. The molecule has 0 bridgehead atoms. The van der Waals surface area contributed by atoms with Gasteiger partial charge in [-0.1, -0.05) is 36.9 Å². The smallest absolute Gasteiger partial charge is 0.100 e. The van der Waals surface area contributed by atoms with Gasteiger partial charge in [-0.05, 0) is 42.3 Å². The van der Waals surface area contributed by atoms with Gasteiger partial charge in [0.1, 0.15) is 5.82 Å². The summed E-state index contributed by atoms with van der Waals surface area (Å²) in [5.41, 5.74) is 8.62. The Morgan fingerprint density at radius 2 is 2.03 bits per heavy atom. The quantitative estimate of drug-likeness (QED) is 0.465. The van der Waals surface area contributed by atoms with E-state index in [4.69, 9.17) is 11.6 Å². The largest absolute Gasteiger partial charge is 0.365 e. The maximum Gasteiger partial charge on any atom is 0.100 e. The molecule has 0 radical (unpaired) electrons. The molecule has 0 N–H and O–H groups in total. The van der Waals surface area contributed by atoms with Crippen molar-refractivity contribution in [3.05, 3.63) is 82.3 Å². The Kier molecular flexibility index (Phi) is 6.52. The molecule has 33 heavy (non-hydrogen) atoms. The number of hydrogen-bond acceptors (Lipinski definition) is 4. The SMILES string of the molecule is C=Cc1c(N(C)C(=C)N(C)C)c2n(c1-c1cc(C)cc(C#N)c1)CCSC2C1=CC=C(Cl)C1. The van der Waals surface area contributed by atoms with E-state index in [0.717, 1.165) is 57.6 Å². The van der Waals surface area contributed by atoms with Crippen molar-refractivity contribution in [3.63, 3.8) is 0 Å². The topological polar surface area (TPSA) is 35.2 Å². The maximum atomic E-state index is 9.60. The van der Waals surface area contributed by atoms with Gasteiger partial charge in [0.25, 0.3) is 0 Å². The third-order valence-corrected chi connectivity index (χ3v) is 7.81. The Morgan fingerprint density at radius 3 is 2.64 bits per heavy atom. The summed E-state index contributed by atoms with van der Waals surface area (Å²) in [6.07, 6.45) is 6.90. The van der Waals surface area contributed by atoms with Crippen molar-refractivity contribution >= 4 is 35.1 Å². The van der Waals surface area contributed by atoms with Gasteiger partial charge >= 0.3 is 0 Å². The van der Waals surface area contributed by atoms with Crippen LogP contribution >= 0.6 is 23.4 Å². The summed E-state index contributed by atoms with van der Waals surface area (Å²) in [5.74, 6) is 1.89. The van der Waals surface area contributed by atoms with Gasteiger partial charge in [-0.2, -0.15) is 5.26 Å². The fourth-order valence-electron chi connectivity index (χ4n) is 4.73. The lowest BCUT2D eigenvalue weighted by molar-refractivity contribution is 0.498. The summed E-state index contributed by atoms with van der Waals surface area (Å²) in [6, 6.07) is 8.38. The van der Waals surface area contributed by atoms with E-state index in [-0.39, 0.29) is 5.25 Å². The van der Waals surface area contributed by atoms with Crippen LogP contribution in [0.3, 0.4) is 0 Å². The van der Waals surface area contributed by atoms with Gasteiger partial charge in [0, 0.05) is 56.0 Å². The molecule has 2 heterocycles. The first-order chi connectivity index (χ1) is 15.8. The first kappa shape index (κ1) is 23.4. The summed E-state index contributed by atoms with van der Waals surface area (Å²) < 4.78 is 2.43. The van der Waals surface area contributed by atoms with Crippen LogP contribution in [0.1, 0.15) is 34.1 Å². The Balaban J connectivity index is 2.02. The lowest BCUT2D eigenvalue weighted by atomic mass is 10.0. The lowest BCUT2D eigenvalue weighted by Crippen LogP contribution is -2.28. The number of nitriles is 1. The average molecular weight is 477 g/mol. The van der Waals surface area contributed by atoms with Crippen LogP contribution in [0.15, 0.2) is 59.9 Å². The van der Waals surface area contributed by atoms with Gasteiger partial charge < -0.3 is 14.4 Å². The highest BCUT2D eigenvalue weighted by molar-refractivity contribution is 7.99. The van der Waals surface area contributed by atoms with Crippen LogP contribution in [-0.4, -0.2) is 36.4 Å². The molecule has 170 valence electrons. The predicted molar refractivity (Wildman–Crippen MR) is 142 cm³/mol. The van der Waals surface area contributed by atoms with Crippen LogP contribution in [0.2, 0.25) is 0 Å². The molecule has 1 aliphatic carbocycles. The van der Waals surface area contributed by atoms with E-state index in [0.29, 0.717) is 5.56 Å². The summed E-state index contributed by atoms with van der Waals surface area (Å²) in [4.78, 5) is 4.19.